The molecule has 0 aliphatic heterocycles. The van der Waals surface area contributed by atoms with Crippen LogP contribution in [0.1, 0.15) is 44.2 Å². The van der Waals surface area contributed by atoms with Crippen molar-refractivity contribution in [3.8, 4) is 0 Å². The minimum atomic E-state index is -0.704. The number of carbonyl (C=O) groups excluding carboxylic acids is 2. The Balaban J connectivity index is 1.99. The first-order chi connectivity index (χ1) is 11.6. The molecule has 6 heteroatoms. The van der Waals surface area contributed by atoms with Gasteiger partial charge in [0.25, 0.3) is 0 Å². The molecule has 0 fully saturated rings. The van der Waals surface area contributed by atoms with E-state index in [-0.39, 0.29) is 6.04 Å². The highest BCUT2D eigenvalue weighted by Gasteiger charge is 2.20. The van der Waals surface area contributed by atoms with Gasteiger partial charge in [0, 0.05) is 19.3 Å². The minimum Gasteiger partial charge on any atom is -0.341 e. The highest BCUT2D eigenvalue weighted by atomic mass is 16.2. The van der Waals surface area contributed by atoms with Gasteiger partial charge in [0.05, 0.1) is 6.04 Å². The maximum absolute atomic E-state index is 12.2. The smallest absolute Gasteiger partial charge is 0.314 e. The first-order valence-electron chi connectivity index (χ1n) is 8.26. The highest BCUT2D eigenvalue weighted by Crippen LogP contribution is 2.19. The molecule has 1 unspecified atom stereocenters. The molecule has 0 aliphatic carbocycles. The summed E-state index contributed by atoms with van der Waals surface area (Å²) in [5, 5.41) is 9.37. The molecular formula is C18H24N4O2. The van der Waals surface area contributed by atoms with Gasteiger partial charge in [0.15, 0.2) is 5.82 Å². The number of hydrogen-bond acceptors (Lipinski definition) is 3. The summed E-state index contributed by atoms with van der Waals surface area (Å²) < 4.78 is 1.56. The lowest BCUT2D eigenvalue weighted by atomic mass is 10.0. The molecule has 0 saturated carbocycles. The number of nitrogens with zero attached hydrogens (tertiary/aromatic N) is 2. The molecule has 2 N–H and O–H groups in total. The van der Waals surface area contributed by atoms with Crippen molar-refractivity contribution >= 4 is 17.6 Å². The molecule has 2 aromatic rings. The van der Waals surface area contributed by atoms with Crippen molar-refractivity contribution < 1.29 is 9.59 Å². The zero-order chi connectivity index (χ0) is 17.4. The van der Waals surface area contributed by atoms with Gasteiger partial charge in [-0.3, -0.25) is 14.3 Å². The molecule has 2 amide bonds. The van der Waals surface area contributed by atoms with E-state index in [9.17, 15) is 9.59 Å². The quantitative estimate of drug-likeness (QED) is 0.606. The summed E-state index contributed by atoms with van der Waals surface area (Å²) in [7, 11) is 1.74. The summed E-state index contributed by atoms with van der Waals surface area (Å²) >= 11 is 0. The van der Waals surface area contributed by atoms with Gasteiger partial charge in [-0.15, -0.1) is 0 Å². The predicted molar refractivity (Wildman–Crippen MR) is 93.3 cm³/mol. The molecule has 6 nitrogen and oxygen atoms in total. The van der Waals surface area contributed by atoms with Crippen LogP contribution in [0.15, 0.2) is 42.6 Å². The van der Waals surface area contributed by atoms with Crippen LogP contribution in [-0.2, 0) is 16.6 Å². The second-order valence-electron chi connectivity index (χ2n) is 5.76. The molecule has 0 radical (unpaired) electrons. The third-order valence-corrected chi connectivity index (χ3v) is 3.77. The number of aromatic nitrogens is 2. The predicted octanol–water partition coefficient (Wildman–Crippen LogP) is 2.80. The van der Waals surface area contributed by atoms with Crippen LogP contribution in [0, 0.1) is 0 Å². The molecule has 2 rings (SSSR count). The van der Waals surface area contributed by atoms with E-state index >= 15 is 0 Å². The third kappa shape index (κ3) is 5.22. The number of anilines is 1. The maximum atomic E-state index is 12.2. The van der Waals surface area contributed by atoms with E-state index in [0.29, 0.717) is 5.82 Å². The average Bonchev–Trinajstić information content (AvgIpc) is 2.99. The molecule has 128 valence electrons. The second kappa shape index (κ2) is 8.86. The molecule has 1 aromatic carbocycles. The van der Waals surface area contributed by atoms with E-state index in [2.05, 4.69) is 22.7 Å². The fourth-order valence-corrected chi connectivity index (χ4v) is 2.48. The Labute approximate surface area is 142 Å². The lowest BCUT2D eigenvalue weighted by Gasteiger charge is -2.18. The Hall–Kier alpha value is -2.63. The lowest BCUT2D eigenvalue weighted by Crippen LogP contribution is -2.38. The molecule has 1 aromatic heterocycles. The number of unbranched alkanes of at least 4 members (excludes halogenated alkanes) is 2. The van der Waals surface area contributed by atoms with Gasteiger partial charge >= 0.3 is 11.8 Å². The Kier molecular flexibility index (Phi) is 6.54. The summed E-state index contributed by atoms with van der Waals surface area (Å²) in [6.45, 7) is 2.14. The summed E-state index contributed by atoms with van der Waals surface area (Å²) in [6.07, 6.45) is 5.71. The Bertz CT molecular complexity index is 667. The van der Waals surface area contributed by atoms with Crippen LogP contribution >= 0.6 is 0 Å². The number of benzene rings is 1. The van der Waals surface area contributed by atoms with Gasteiger partial charge in [-0.1, -0.05) is 56.5 Å². The average molecular weight is 328 g/mol. The standard InChI is InChI=1S/C18H24N4O2/c1-3-4-6-11-15(14-9-7-5-8-10-14)19-17(23)18(24)20-16-12-13-22(2)21-16/h5,7-10,12-13,15H,3-4,6,11H2,1-2H3,(H,19,23)(H,20,21,24). The summed E-state index contributed by atoms with van der Waals surface area (Å²) in [5.41, 5.74) is 1.01. The van der Waals surface area contributed by atoms with Crippen molar-refractivity contribution in [3.05, 3.63) is 48.2 Å². The van der Waals surface area contributed by atoms with Crippen molar-refractivity contribution in [2.75, 3.05) is 5.32 Å². The van der Waals surface area contributed by atoms with E-state index in [1.807, 2.05) is 30.3 Å². The Morgan fingerprint density at radius 1 is 1.12 bits per heavy atom. The van der Waals surface area contributed by atoms with Crippen LogP contribution < -0.4 is 10.6 Å². The topological polar surface area (TPSA) is 76.0 Å². The van der Waals surface area contributed by atoms with E-state index in [1.54, 1.807) is 24.0 Å². The van der Waals surface area contributed by atoms with Crippen LogP contribution in [0.5, 0.6) is 0 Å². The number of nitrogens with one attached hydrogen (secondary N) is 2. The zero-order valence-electron chi connectivity index (χ0n) is 14.2. The fourth-order valence-electron chi connectivity index (χ4n) is 2.48. The summed E-state index contributed by atoms with van der Waals surface area (Å²) in [5.74, 6) is -0.990. The summed E-state index contributed by atoms with van der Waals surface area (Å²) in [6, 6.07) is 11.2. The van der Waals surface area contributed by atoms with E-state index in [0.717, 1.165) is 31.2 Å². The van der Waals surface area contributed by atoms with Crippen LogP contribution in [0.25, 0.3) is 0 Å². The van der Waals surface area contributed by atoms with Gasteiger partial charge in [-0.25, -0.2) is 0 Å². The zero-order valence-corrected chi connectivity index (χ0v) is 14.2. The van der Waals surface area contributed by atoms with Crippen molar-refractivity contribution in [2.45, 2.75) is 38.6 Å². The molecule has 24 heavy (non-hydrogen) atoms. The number of amides is 2. The maximum Gasteiger partial charge on any atom is 0.314 e. The second-order valence-corrected chi connectivity index (χ2v) is 5.76. The number of hydrogen-bond donors (Lipinski definition) is 2. The molecule has 0 bridgehead atoms. The minimum absolute atomic E-state index is 0.167. The molecule has 0 aliphatic rings. The number of rotatable bonds is 7. The normalized spacial score (nSPS) is 11.8. The van der Waals surface area contributed by atoms with Crippen LogP contribution in [0.4, 0.5) is 5.82 Å². The molecular weight excluding hydrogens is 304 g/mol. The van der Waals surface area contributed by atoms with Gasteiger partial charge < -0.3 is 10.6 Å². The first-order valence-corrected chi connectivity index (χ1v) is 8.26. The SMILES string of the molecule is CCCCCC(NC(=O)C(=O)Nc1ccn(C)n1)c1ccccc1. The Morgan fingerprint density at radius 3 is 2.50 bits per heavy atom. The van der Waals surface area contributed by atoms with Crippen LogP contribution in [0.2, 0.25) is 0 Å². The van der Waals surface area contributed by atoms with Gasteiger partial charge in [0.1, 0.15) is 0 Å². The number of carbonyl (C=O) groups is 2. The van der Waals surface area contributed by atoms with Crippen LogP contribution in [0.3, 0.4) is 0 Å². The fraction of sp³-hybridized carbons (Fsp3) is 0.389. The lowest BCUT2D eigenvalue weighted by molar-refractivity contribution is -0.136. The van der Waals surface area contributed by atoms with E-state index < -0.39 is 11.8 Å². The first kappa shape index (κ1) is 17.7. The summed E-state index contributed by atoms with van der Waals surface area (Å²) in [4.78, 5) is 24.3. The van der Waals surface area contributed by atoms with Crippen molar-refractivity contribution in [3.63, 3.8) is 0 Å². The van der Waals surface area contributed by atoms with Gasteiger partial charge in [0.2, 0.25) is 0 Å². The Morgan fingerprint density at radius 2 is 1.88 bits per heavy atom. The molecule has 1 atom stereocenters. The largest absolute Gasteiger partial charge is 0.341 e. The third-order valence-electron chi connectivity index (χ3n) is 3.77. The monoisotopic (exact) mass is 328 g/mol. The van der Waals surface area contributed by atoms with E-state index in [4.69, 9.17) is 0 Å². The highest BCUT2D eigenvalue weighted by molar-refractivity contribution is 6.39. The van der Waals surface area contributed by atoms with Crippen molar-refractivity contribution in [1.29, 1.82) is 0 Å². The molecule has 1 heterocycles. The van der Waals surface area contributed by atoms with Gasteiger partial charge in [-0.2, -0.15) is 5.10 Å². The molecule has 0 spiro atoms. The van der Waals surface area contributed by atoms with Crippen LogP contribution in [-0.4, -0.2) is 21.6 Å². The van der Waals surface area contributed by atoms with Gasteiger partial charge in [-0.05, 0) is 12.0 Å². The van der Waals surface area contributed by atoms with E-state index in [1.165, 1.54) is 0 Å². The van der Waals surface area contributed by atoms with Crippen molar-refractivity contribution in [1.82, 2.24) is 15.1 Å². The van der Waals surface area contributed by atoms with Crippen molar-refractivity contribution in [2.24, 2.45) is 7.05 Å². The molecule has 0 saturated heterocycles. The number of aryl methyl sites for hydroxylation is 1.